The van der Waals surface area contributed by atoms with Gasteiger partial charge in [-0.15, -0.1) is 0 Å². The van der Waals surface area contributed by atoms with Crippen LogP contribution in [-0.2, 0) is 11.3 Å². The molecule has 0 saturated heterocycles. The molecule has 6 heteroatoms. The Labute approximate surface area is 173 Å². The van der Waals surface area contributed by atoms with Gasteiger partial charge in [-0.2, -0.15) is 0 Å². The highest BCUT2D eigenvalue weighted by atomic mass is 35.5. The molecule has 0 spiro atoms. The molecule has 0 aliphatic heterocycles. The average Bonchev–Trinajstić information content (AvgIpc) is 3.10. The summed E-state index contributed by atoms with van der Waals surface area (Å²) in [5.41, 5.74) is 4.07. The Morgan fingerprint density at radius 2 is 1.86 bits per heavy atom. The molecular weight excluding hydrogens is 388 g/mol. The van der Waals surface area contributed by atoms with Gasteiger partial charge in [0.25, 0.3) is 0 Å². The normalized spacial score (nSPS) is 10.9. The third-order valence-corrected chi connectivity index (χ3v) is 4.99. The van der Waals surface area contributed by atoms with Crippen molar-refractivity contribution in [3.8, 4) is 17.0 Å². The van der Waals surface area contributed by atoms with Crippen molar-refractivity contribution >= 4 is 28.5 Å². The van der Waals surface area contributed by atoms with Gasteiger partial charge in [-0.25, -0.2) is 9.78 Å². The molecule has 29 heavy (non-hydrogen) atoms. The minimum Gasteiger partial charge on any atom is -0.497 e. The lowest BCUT2D eigenvalue weighted by molar-refractivity contribution is 0.0593. The van der Waals surface area contributed by atoms with E-state index < -0.39 is 5.97 Å². The van der Waals surface area contributed by atoms with E-state index in [0.29, 0.717) is 11.6 Å². The van der Waals surface area contributed by atoms with E-state index in [1.54, 1.807) is 13.2 Å². The summed E-state index contributed by atoms with van der Waals surface area (Å²) < 4.78 is 12.3. The third-order valence-electron chi connectivity index (χ3n) is 4.75. The molecule has 4 aromatic rings. The molecule has 2 aromatic heterocycles. The van der Waals surface area contributed by atoms with Gasteiger partial charge in [-0.1, -0.05) is 29.8 Å². The Balaban J connectivity index is 1.86. The maximum Gasteiger partial charge on any atom is 0.356 e. The van der Waals surface area contributed by atoms with Gasteiger partial charge in [-0.05, 0) is 54.1 Å². The zero-order chi connectivity index (χ0) is 20.4. The maximum atomic E-state index is 11.9. The Morgan fingerprint density at radius 3 is 2.62 bits per heavy atom. The molecule has 0 bridgehead atoms. The molecule has 2 heterocycles. The summed E-state index contributed by atoms with van der Waals surface area (Å²) in [5.74, 6) is 0.335. The van der Waals surface area contributed by atoms with Crippen LogP contribution in [0, 0.1) is 0 Å². The number of halogens is 1. The zero-order valence-electron chi connectivity index (χ0n) is 16.1. The van der Waals surface area contributed by atoms with E-state index >= 15 is 0 Å². The lowest BCUT2D eigenvalue weighted by atomic mass is 10.1. The van der Waals surface area contributed by atoms with Crippen molar-refractivity contribution in [3.05, 3.63) is 83.1 Å². The fraction of sp³-hybridized carbons (Fsp3) is 0.130. The largest absolute Gasteiger partial charge is 0.497 e. The van der Waals surface area contributed by atoms with Crippen molar-refractivity contribution in [2.75, 3.05) is 14.2 Å². The fourth-order valence-electron chi connectivity index (χ4n) is 3.38. The molecular formula is C23H19ClN2O3. The topological polar surface area (TPSA) is 53.4 Å². The first kappa shape index (κ1) is 19.0. The monoisotopic (exact) mass is 406 g/mol. The Kier molecular flexibility index (Phi) is 5.23. The number of carbonyl (C=O) groups excluding carboxylic acids is 1. The number of methoxy groups -OCH3 is 2. The van der Waals surface area contributed by atoms with E-state index in [0.717, 1.165) is 33.6 Å². The van der Waals surface area contributed by atoms with E-state index in [1.165, 1.54) is 7.11 Å². The Hall–Kier alpha value is -3.31. The minimum atomic E-state index is -0.455. The first-order valence-electron chi connectivity index (χ1n) is 9.06. The summed E-state index contributed by atoms with van der Waals surface area (Å²) in [7, 11) is 3.00. The van der Waals surface area contributed by atoms with Gasteiger partial charge < -0.3 is 14.0 Å². The maximum absolute atomic E-state index is 11.9. The molecule has 0 aliphatic rings. The summed E-state index contributed by atoms with van der Waals surface area (Å²) in [6.07, 6.45) is 0. The predicted molar refractivity (Wildman–Crippen MR) is 114 cm³/mol. The smallest absolute Gasteiger partial charge is 0.356 e. The standard InChI is InChI=1S/C23H19ClN2O3/c1-28-19-9-10-21-16(12-19)13-22(15-5-3-6-17(24)11-15)26(21)14-18-7-4-8-20(25-18)23(27)29-2/h3-13H,14H2,1-2H3. The molecule has 4 rings (SSSR count). The van der Waals surface area contributed by atoms with Gasteiger partial charge >= 0.3 is 5.97 Å². The molecule has 0 unspecified atom stereocenters. The van der Waals surface area contributed by atoms with Crippen LogP contribution < -0.4 is 4.74 Å². The lowest BCUT2D eigenvalue weighted by Gasteiger charge is -2.12. The van der Waals surface area contributed by atoms with Gasteiger partial charge in [0.1, 0.15) is 11.4 Å². The van der Waals surface area contributed by atoms with E-state index in [9.17, 15) is 4.79 Å². The van der Waals surface area contributed by atoms with Crippen LogP contribution in [0.25, 0.3) is 22.2 Å². The van der Waals surface area contributed by atoms with E-state index in [2.05, 4.69) is 15.6 Å². The van der Waals surface area contributed by atoms with E-state index in [1.807, 2.05) is 54.6 Å². The molecule has 0 aliphatic carbocycles. The van der Waals surface area contributed by atoms with E-state index in [-0.39, 0.29) is 5.69 Å². The van der Waals surface area contributed by atoms with Crippen LogP contribution in [0.15, 0.2) is 66.7 Å². The number of esters is 1. The molecule has 146 valence electrons. The predicted octanol–water partition coefficient (Wildman–Crippen LogP) is 5.20. The Bertz CT molecular complexity index is 1200. The number of hydrogen-bond donors (Lipinski definition) is 0. The summed E-state index contributed by atoms with van der Waals surface area (Å²) >= 11 is 6.23. The molecule has 5 nitrogen and oxygen atoms in total. The van der Waals surface area contributed by atoms with Crippen LogP contribution in [0.1, 0.15) is 16.2 Å². The summed E-state index contributed by atoms with van der Waals surface area (Å²) in [6, 6.07) is 21.1. The number of carbonyl (C=O) groups is 1. The molecule has 0 radical (unpaired) electrons. The highest BCUT2D eigenvalue weighted by Crippen LogP contribution is 2.32. The number of ether oxygens (including phenoxy) is 2. The quantitative estimate of drug-likeness (QED) is 0.427. The molecule has 0 atom stereocenters. The van der Waals surface area contributed by atoms with Crippen molar-refractivity contribution in [3.63, 3.8) is 0 Å². The first-order valence-corrected chi connectivity index (χ1v) is 9.44. The van der Waals surface area contributed by atoms with Crippen molar-refractivity contribution in [1.82, 2.24) is 9.55 Å². The second kappa shape index (κ2) is 7.97. The SMILES string of the molecule is COC(=O)c1cccc(Cn2c(-c3cccc(Cl)c3)cc3cc(OC)ccc32)n1. The van der Waals surface area contributed by atoms with Crippen LogP contribution in [0.2, 0.25) is 5.02 Å². The van der Waals surface area contributed by atoms with Crippen molar-refractivity contribution in [2.45, 2.75) is 6.54 Å². The highest BCUT2D eigenvalue weighted by molar-refractivity contribution is 6.30. The number of pyridine rings is 1. The van der Waals surface area contributed by atoms with Crippen molar-refractivity contribution in [1.29, 1.82) is 0 Å². The summed E-state index contributed by atoms with van der Waals surface area (Å²) in [6.45, 7) is 0.489. The van der Waals surface area contributed by atoms with E-state index in [4.69, 9.17) is 21.1 Å². The van der Waals surface area contributed by atoms with Gasteiger partial charge in [0.2, 0.25) is 0 Å². The fourth-order valence-corrected chi connectivity index (χ4v) is 3.57. The summed E-state index contributed by atoms with van der Waals surface area (Å²) in [4.78, 5) is 16.3. The molecule has 2 aromatic carbocycles. The van der Waals surface area contributed by atoms with Crippen molar-refractivity contribution in [2.24, 2.45) is 0 Å². The van der Waals surface area contributed by atoms with Gasteiger partial charge in [0.15, 0.2) is 0 Å². The minimum absolute atomic E-state index is 0.285. The van der Waals surface area contributed by atoms with Crippen LogP contribution >= 0.6 is 11.6 Å². The highest BCUT2D eigenvalue weighted by Gasteiger charge is 2.14. The second-order valence-corrected chi connectivity index (χ2v) is 6.99. The second-order valence-electron chi connectivity index (χ2n) is 6.56. The average molecular weight is 407 g/mol. The molecule has 0 amide bonds. The van der Waals surface area contributed by atoms with Gasteiger partial charge in [0, 0.05) is 21.6 Å². The number of nitrogens with zero attached hydrogens (tertiary/aromatic N) is 2. The van der Waals surface area contributed by atoms with Crippen LogP contribution in [0.5, 0.6) is 5.75 Å². The number of rotatable bonds is 5. The molecule has 0 N–H and O–H groups in total. The number of aromatic nitrogens is 2. The van der Waals surface area contributed by atoms with Gasteiger partial charge in [-0.3, -0.25) is 0 Å². The molecule has 0 fully saturated rings. The van der Waals surface area contributed by atoms with Gasteiger partial charge in [0.05, 0.1) is 26.5 Å². The zero-order valence-corrected chi connectivity index (χ0v) is 16.8. The van der Waals surface area contributed by atoms with Crippen LogP contribution in [-0.4, -0.2) is 29.7 Å². The third kappa shape index (κ3) is 3.82. The molecule has 0 saturated carbocycles. The van der Waals surface area contributed by atoms with Crippen LogP contribution in [0.4, 0.5) is 0 Å². The van der Waals surface area contributed by atoms with Crippen molar-refractivity contribution < 1.29 is 14.3 Å². The lowest BCUT2D eigenvalue weighted by Crippen LogP contribution is -2.09. The van der Waals surface area contributed by atoms with Crippen LogP contribution in [0.3, 0.4) is 0 Å². The number of fused-ring (bicyclic) bond motifs is 1. The summed E-state index contributed by atoms with van der Waals surface area (Å²) in [5, 5.41) is 1.71. The first-order chi connectivity index (χ1) is 14.1. The Morgan fingerprint density at radius 1 is 1.03 bits per heavy atom. The number of hydrogen-bond acceptors (Lipinski definition) is 4. The number of benzene rings is 2.